The Kier molecular flexibility index (Phi) is 63.3. The van der Waals surface area contributed by atoms with Gasteiger partial charge in [0.2, 0.25) is 32.9 Å². The maximum Gasteiger partial charge on any atom is 0.579 e. The number of nitrogens with zero attached hydrogens (tertiary/aromatic N) is 4. The van der Waals surface area contributed by atoms with Crippen molar-refractivity contribution in [2.75, 3.05) is 70.6 Å². The van der Waals surface area contributed by atoms with Gasteiger partial charge in [-0.25, -0.2) is 4.21 Å². The number of ether oxygens (including phenoxy) is 3. The van der Waals surface area contributed by atoms with E-state index in [1.54, 1.807) is 91.0 Å². The number of rotatable bonds is 20. The van der Waals surface area contributed by atoms with E-state index in [1.807, 2.05) is 0 Å². The fourth-order valence-corrected chi connectivity index (χ4v) is 5.04. The van der Waals surface area contributed by atoms with Crippen LogP contribution in [0.1, 0.15) is 132 Å². The number of carbonyl (C=O) groups excluding carboxylic acids is 11. The van der Waals surface area contributed by atoms with Crippen molar-refractivity contribution in [2.24, 2.45) is 35.5 Å². The van der Waals surface area contributed by atoms with E-state index in [0.717, 1.165) is 7.11 Å². The summed E-state index contributed by atoms with van der Waals surface area (Å²) in [4.78, 5) is 153. The van der Waals surface area contributed by atoms with Crippen molar-refractivity contribution in [2.45, 2.75) is 132 Å². The van der Waals surface area contributed by atoms with Crippen molar-refractivity contribution >= 4 is 121 Å². The van der Waals surface area contributed by atoms with Gasteiger partial charge in [-0.05, 0) is 38.5 Å². The van der Waals surface area contributed by atoms with Crippen LogP contribution in [0.15, 0.2) is 0 Å². The van der Waals surface area contributed by atoms with Crippen LogP contribution in [0.3, 0.4) is 0 Å². The van der Waals surface area contributed by atoms with E-state index in [2.05, 4.69) is 46.8 Å². The minimum absolute atomic E-state index is 0.0174. The SMILES string of the molecule is C=[O+]C(=O)CCC(C)C(=O)N(C)C.CC(=O)OC(C)=O.CC(CCC(=O)O)C(=O)N(C)C.CC(CCC(=O)O)C(=O)N(C)C.CC(CCC(=O)O)C(=O)O.CC1CCC(=O)OC1=O.CO.COC(=O)C(C)CCC(=O)N(C)C.O=S(Cl)Cl. The first-order chi connectivity index (χ1) is 37.5. The number of esters is 5. The largest absolute Gasteiger partial charge is 0.579 e. The second kappa shape index (κ2) is 56.4. The van der Waals surface area contributed by atoms with E-state index in [4.69, 9.17) is 29.7 Å². The molecule has 4 amide bonds. The summed E-state index contributed by atoms with van der Waals surface area (Å²) in [6, 6.07) is 0. The maximum atomic E-state index is 11.3. The summed E-state index contributed by atoms with van der Waals surface area (Å²) in [5.41, 5.74) is 0. The van der Waals surface area contributed by atoms with Crippen LogP contribution in [0.25, 0.3) is 0 Å². The maximum absolute atomic E-state index is 11.3. The number of carbonyl (C=O) groups is 14. The molecule has 478 valence electrons. The molecule has 1 aliphatic heterocycles. The number of methoxy groups -OCH3 is 1. The Morgan fingerprint density at radius 1 is 0.598 bits per heavy atom. The number of hydrogen-bond donors (Lipinski definition) is 5. The number of hydrogen-bond acceptors (Lipinski definition) is 19. The van der Waals surface area contributed by atoms with Gasteiger partial charge in [0.15, 0.2) is 6.79 Å². The van der Waals surface area contributed by atoms with Crippen LogP contribution in [0, 0.1) is 35.5 Å². The van der Waals surface area contributed by atoms with E-state index < -0.39 is 56.9 Å². The molecule has 0 bridgehead atoms. The number of aliphatic carboxylic acids is 4. The predicted molar refractivity (Wildman–Crippen MR) is 301 cm³/mol. The highest BCUT2D eigenvalue weighted by molar-refractivity contribution is 8.26. The van der Waals surface area contributed by atoms with E-state index in [0.29, 0.717) is 44.9 Å². The third-order valence-electron chi connectivity index (χ3n) is 9.90. The summed E-state index contributed by atoms with van der Waals surface area (Å²) in [5, 5.41) is 40.2. The standard InChI is InChI=1S/C9H16NO3.C9H17NO3.2C8H15NO3.C6H10O4.C6H8O3.C4H6O3.CH4O.Cl2OS/c1-7(9(12)10(2)3)5-6-8(11)13-4;1-7(9(12)13-4)5-6-8(11)10(2)3;2*1-6(4-5-7(10)11)8(12)9(2)3;1-4(6(9)10)2-3-5(7)8;1-4-2-3-5(7)9-6(4)8;1-3(5)7-4(2)6;1-2;1-4(2)3/h7H,4-6H2,1-3H3;7H,5-6H2,1-4H3;2*6H,4-5H2,1-3H3,(H,10,11);4H,2-3H2,1H3,(H,7,8)(H,9,10);4H,2-3H2,1H3;1-2H3;2H,1H3;/q+1;;;;;;;;. The molecule has 0 aromatic rings. The zero-order valence-corrected chi connectivity index (χ0v) is 52.9. The van der Waals surface area contributed by atoms with Crippen LogP contribution < -0.4 is 0 Å². The zero-order chi connectivity index (χ0) is 66.7. The van der Waals surface area contributed by atoms with Crippen LogP contribution in [-0.2, 0) is 95.0 Å². The van der Waals surface area contributed by atoms with Gasteiger partial charge in [0.25, 0.3) is 0 Å². The number of carboxylic acids is 4. The number of halogens is 2. The molecular formula is C51H91Cl2N4O24S+. The predicted octanol–water partition coefficient (Wildman–Crippen LogP) is 4.00. The summed E-state index contributed by atoms with van der Waals surface area (Å²) >= 11 is 0. The molecule has 0 aliphatic carbocycles. The molecule has 6 atom stereocenters. The van der Waals surface area contributed by atoms with Crippen molar-refractivity contribution in [1.29, 1.82) is 0 Å². The lowest BCUT2D eigenvalue weighted by atomic mass is 10.0. The van der Waals surface area contributed by atoms with Gasteiger partial charge in [-0.15, -0.1) is 0 Å². The van der Waals surface area contributed by atoms with Crippen LogP contribution in [0.2, 0.25) is 0 Å². The fraction of sp³-hybridized carbons (Fsp3) is 0.706. The smallest absolute Gasteiger partial charge is 0.481 e. The van der Waals surface area contributed by atoms with Gasteiger partial charge in [-0.2, -0.15) is 0 Å². The normalized spacial score (nSPS) is 13.1. The van der Waals surface area contributed by atoms with Gasteiger partial charge >= 0.3 is 59.7 Å². The lowest BCUT2D eigenvalue weighted by molar-refractivity contribution is -0.369. The molecule has 0 aromatic heterocycles. The Morgan fingerprint density at radius 2 is 0.902 bits per heavy atom. The summed E-state index contributed by atoms with van der Waals surface area (Å²) < 4.78 is 26.1. The second-order valence-corrected chi connectivity index (χ2v) is 20.8. The molecule has 6 unspecified atom stereocenters. The summed E-state index contributed by atoms with van der Waals surface area (Å²) in [5.74, 6) is -7.50. The number of cyclic esters (lactones) is 2. The molecule has 1 rings (SSSR count). The van der Waals surface area contributed by atoms with Gasteiger partial charge < -0.3 is 59.3 Å². The average Bonchev–Trinajstić information content (AvgIpc) is 3.38. The highest BCUT2D eigenvalue weighted by atomic mass is 36.0. The molecule has 0 radical (unpaired) electrons. The first-order valence-electron chi connectivity index (χ1n) is 24.8. The minimum Gasteiger partial charge on any atom is -0.481 e. The molecule has 0 spiro atoms. The van der Waals surface area contributed by atoms with Gasteiger partial charge in [-0.3, -0.25) is 66.8 Å². The molecule has 1 heterocycles. The zero-order valence-electron chi connectivity index (χ0n) is 50.6. The van der Waals surface area contributed by atoms with Crippen molar-refractivity contribution in [3.63, 3.8) is 0 Å². The van der Waals surface area contributed by atoms with E-state index in [1.165, 1.54) is 47.5 Å². The van der Waals surface area contributed by atoms with Crippen LogP contribution in [0.4, 0.5) is 0 Å². The third-order valence-corrected chi connectivity index (χ3v) is 9.90. The highest BCUT2D eigenvalue weighted by Gasteiger charge is 2.25. The molecule has 82 heavy (non-hydrogen) atoms. The number of aliphatic hydroxyl groups excluding tert-OH is 1. The molecule has 1 fully saturated rings. The Labute approximate surface area is 492 Å². The van der Waals surface area contributed by atoms with Gasteiger partial charge in [0, 0.05) is 153 Å². The average molecular weight is 1250 g/mol. The van der Waals surface area contributed by atoms with Crippen LogP contribution in [-0.4, -0.2) is 210 Å². The summed E-state index contributed by atoms with van der Waals surface area (Å²) in [7, 11) is 23.2. The second-order valence-electron chi connectivity index (χ2n) is 18.2. The molecule has 31 heteroatoms. The molecular weight excluding hydrogens is 1160 g/mol. The van der Waals surface area contributed by atoms with Crippen molar-refractivity contribution in [1.82, 2.24) is 19.6 Å². The number of amides is 4. The molecule has 5 N–H and O–H groups in total. The molecule has 0 aromatic carbocycles. The Balaban J connectivity index is -0.000000128. The van der Waals surface area contributed by atoms with E-state index in [9.17, 15) is 67.1 Å². The van der Waals surface area contributed by atoms with Crippen LogP contribution >= 0.6 is 21.4 Å². The monoisotopic (exact) mass is 1250 g/mol. The number of carboxylic acid groups (broad SMARTS) is 4. The van der Waals surface area contributed by atoms with Gasteiger partial charge in [-0.1, -0.05) is 41.5 Å². The number of aliphatic hydroxyl groups is 1. The summed E-state index contributed by atoms with van der Waals surface area (Å²) in [6.07, 6.45) is 3.76. The molecule has 28 nitrogen and oxygen atoms in total. The van der Waals surface area contributed by atoms with Crippen LogP contribution in [0.5, 0.6) is 0 Å². The Morgan fingerprint density at radius 3 is 1.12 bits per heavy atom. The highest BCUT2D eigenvalue weighted by Crippen LogP contribution is 2.15. The van der Waals surface area contributed by atoms with E-state index >= 15 is 0 Å². The third kappa shape index (κ3) is 67.8. The van der Waals surface area contributed by atoms with Gasteiger partial charge in [0.05, 0.1) is 24.9 Å². The van der Waals surface area contributed by atoms with Crippen molar-refractivity contribution in [3.05, 3.63) is 0 Å². The Hall–Kier alpha value is -6.46. The molecule has 0 saturated carbocycles. The van der Waals surface area contributed by atoms with E-state index in [-0.39, 0.29) is 103 Å². The van der Waals surface area contributed by atoms with Crippen molar-refractivity contribution < 1.29 is 116 Å². The lowest BCUT2D eigenvalue weighted by Gasteiger charge is -2.15. The summed E-state index contributed by atoms with van der Waals surface area (Å²) in [6.45, 7) is 15.6. The molecule has 1 saturated heterocycles. The Bertz CT molecular complexity index is 1950. The first kappa shape index (κ1) is 92.0. The molecule has 1 aliphatic rings. The quantitative estimate of drug-likeness (QED) is 0.0378. The topological polar surface area (TPSA) is 409 Å². The fourth-order valence-electron chi connectivity index (χ4n) is 5.04. The van der Waals surface area contributed by atoms with Crippen molar-refractivity contribution in [3.8, 4) is 0 Å². The first-order valence-corrected chi connectivity index (χ1v) is 27.6. The lowest BCUT2D eigenvalue weighted by Crippen LogP contribution is -2.28. The minimum atomic E-state index is -1.67. The van der Waals surface area contributed by atoms with Gasteiger partial charge in [0.1, 0.15) is 6.42 Å².